The van der Waals surface area contributed by atoms with Crippen molar-refractivity contribution >= 4 is 11.9 Å². The first kappa shape index (κ1) is 14.3. The van der Waals surface area contributed by atoms with Gasteiger partial charge in [-0.05, 0) is 25.7 Å². The second kappa shape index (κ2) is 6.89. The Kier molecular flexibility index (Phi) is 5.19. The molecule has 19 heavy (non-hydrogen) atoms. The standard InChI is InChI=1S/C14H23NO4/c16-13(17)7-8-15(10-12-6-3-9-19-12)14(18)11-4-1-2-5-11/h11-12H,1-10H2,(H,16,17)/t12-/m0/s1. The molecule has 5 nitrogen and oxygen atoms in total. The lowest BCUT2D eigenvalue weighted by Crippen LogP contribution is -2.41. The molecule has 1 heterocycles. The van der Waals surface area contributed by atoms with Crippen molar-refractivity contribution in [3.63, 3.8) is 0 Å². The van der Waals surface area contributed by atoms with Crippen LogP contribution in [0, 0.1) is 5.92 Å². The first-order valence-electron chi connectivity index (χ1n) is 7.29. The van der Waals surface area contributed by atoms with Crippen LogP contribution in [0.4, 0.5) is 0 Å². The molecule has 1 atom stereocenters. The lowest BCUT2D eigenvalue weighted by molar-refractivity contribution is -0.140. The van der Waals surface area contributed by atoms with E-state index in [1.54, 1.807) is 4.90 Å². The topological polar surface area (TPSA) is 66.8 Å². The van der Waals surface area contributed by atoms with Crippen LogP contribution in [0.2, 0.25) is 0 Å². The predicted molar refractivity (Wildman–Crippen MR) is 69.8 cm³/mol. The first-order chi connectivity index (χ1) is 9.16. The molecule has 0 aromatic rings. The number of carbonyl (C=O) groups is 2. The number of carboxylic acids is 1. The van der Waals surface area contributed by atoms with Crippen molar-refractivity contribution < 1.29 is 19.4 Å². The summed E-state index contributed by atoms with van der Waals surface area (Å²) in [5.41, 5.74) is 0. The van der Waals surface area contributed by atoms with Gasteiger partial charge in [0.25, 0.3) is 0 Å². The molecule has 2 fully saturated rings. The Morgan fingerprint density at radius 2 is 1.89 bits per heavy atom. The van der Waals surface area contributed by atoms with Crippen molar-refractivity contribution in [2.75, 3.05) is 19.7 Å². The monoisotopic (exact) mass is 269 g/mol. The van der Waals surface area contributed by atoms with E-state index in [9.17, 15) is 9.59 Å². The number of hydrogen-bond donors (Lipinski definition) is 1. The average molecular weight is 269 g/mol. The summed E-state index contributed by atoms with van der Waals surface area (Å²) in [6.45, 7) is 1.63. The minimum Gasteiger partial charge on any atom is -0.481 e. The maximum Gasteiger partial charge on any atom is 0.305 e. The molecular weight excluding hydrogens is 246 g/mol. The molecule has 0 bridgehead atoms. The molecule has 1 aliphatic heterocycles. The van der Waals surface area contributed by atoms with E-state index < -0.39 is 5.97 Å². The van der Waals surface area contributed by atoms with E-state index in [1.165, 1.54) is 0 Å². The van der Waals surface area contributed by atoms with Gasteiger partial charge in [0.05, 0.1) is 12.5 Å². The third-order valence-corrected chi connectivity index (χ3v) is 4.06. The summed E-state index contributed by atoms with van der Waals surface area (Å²) < 4.78 is 5.56. The van der Waals surface area contributed by atoms with Gasteiger partial charge in [0.1, 0.15) is 0 Å². The average Bonchev–Trinajstić information content (AvgIpc) is 3.06. The summed E-state index contributed by atoms with van der Waals surface area (Å²) in [6, 6.07) is 0. The first-order valence-corrected chi connectivity index (χ1v) is 7.29. The SMILES string of the molecule is O=C(O)CCN(C[C@@H]1CCCO1)C(=O)C1CCCC1. The Morgan fingerprint density at radius 3 is 2.47 bits per heavy atom. The van der Waals surface area contributed by atoms with Crippen molar-refractivity contribution in [1.82, 2.24) is 4.90 Å². The number of nitrogens with zero attached hydrogens (tertiary/aromatic N) is 1. The molecule has 0 radical (unpaired) electrons. The van der Waals surface area contributed by atoms with Crippen LogP contribution in [0.3, 0.4) is 0 Å². The highest BCUT2D eigenvalue weighted by atomic mass is 16.5. The molecule has 2 aliphatic rings. The van der Waals surface area contributed by atoms with Crippen molar-refractivity contribution in [3.8, 4) is 0 Å². The van der Waals surface area contributed by atoms with Crippen LogP contribution >= 0.6 is 0 Å². The maximum absolute atomic E-state index is 12.4. The zero-order valence-corrected chi connectivity index (χ0v) is 11.3. The lowest BCUT2D eigenvalue weighted by Gasteiger charge is -2.27. The van der Waals surface area contributed by atoms with Crippen molar-refractivity contribution in [1.29, 1.82) is 0 Å². The molecule has 5 heteroatoms. The van der Waals surface area contributed by atoms with Crippen LogP contribution < -0.4 is 0 Å². The van der Waals surface area contributed by atoms with Crippen LogP contribution in [-0.2, 0) is 14.3 Å². The van der Waals surface area contributed by atoms with Crippen LogP contribution in [0.15, 0.2) is 0 Å². The molecule has 0 spiro atoms. The summed E-state index contributed by atoms with van der Waals surface area (Å²) in [7, 11) is 0. The normalized spacial score (nSPS) is 23.7. The Hall–Kier alpha value is -1.10. The molecule has 0 unspecified atom stereocenters. The molecular formula is C14H23NO4. The van der Waals surface area contributed by atoms with E-state index in [4.69, 9.17) is 9.84 Å². The molecule has 1 amide bonds. The van der Waals surface area contributed by atoms with Gasteiger partial charge in [0.15, 0.2) is 0 Å². The number of carbonyl (C=O) groups excluding carboxylic acids is 1. The zero-order valence-electron chi connectivity index (χ0n) is 11.3. The van der Waals surface area contributed by atoms with Crippen LogP contribution in [0.25, 0.3) is 0 Å². The number of ether oxygens (including phenoxy) is 1. The minimum absolute atomic E-state index is 0.0190. The minimum atomic E-state index is -0.850. The molecule has 1 saturated carbocycles. The molecule has 0 aromatic heterocycles. The third kappa shape index (κ3) is 4.20. The van der Waals surface area contributed by atoms with Crippen molar-refractivity contribution in [2.45, 2.75) is 51.0 Å². The molecule has 0 aromatic carbocycles. The van der Waals surface area contributed by atoms with E-state index >= 15 is 0 Å². The van der Waals surface area contributed by atoms with E-state index in [2.05, 4.69) is 0 Å². The van der Waals surface area contributed by atoms with Gasteiger partial charge < -0.3 is 14.7 Å². The van der Waals surface area contributed by atoms with E-state index in [1.807, 2.05) is 0 Å². The fraction of sp³-hybridized carbons (Fsp3) is 0.857. The smallest absolute Gasteiger partial charge is 0.305 e. The van der Waals surface area contributed by atoms with Crippen LogP contribution in [0.1, 0.15) is 44.9 Å². The van der Waals surface area contributed by atoms with Gasteiger partial charge in [-0.2, -0.15) is 0 Å². The third-order valence-electron chi connectivity index (χ3n) is 4.06. The van der Waals surface area contributed by atoms with Crippen LogP contribution in [-0.4, -0.2) is 47.7 Å². The lowest BCUT2D eigenvalue weighted by atomic mass is 10.1. The number of hydrogen-bond acceptors (Lipinski definition) is 3. The Morgan fingerprint density at radius 1 is 1.16 bits per heavy atom. The van der Waals surface area contributed by atoms with E-state index in [-0.39, 0.29) is 24.3 Å². The number of rotatable bonds is 6. The number of carboxylic acid groups (broad SMARTS) is 1. The Balaban J connectivity index is 1.90. The van der Waals surface area contributed by atoms with Gasteiger partial charge in [-0.15, -0.1) is 0 Å². The van der Waals surface area contributed by atoms with Gasteiger partial charge in [0.2, 0.25) is 5.91 Å². The summed E-state index contributed by atoms with van der Waals surface area (Å²) in [4.78, 5) is 24.9. The van der Waals surface area contributed by atoms with Crippen molar-refractivity contribution in [3.05, 3.63) is 0 Å². The van der Waals surface area contributed by atoms with Gasteiger partial charge in [-0.25, -0.2) is 0 Å². The predicted octanol–water partition coefficient (Wildman–Crippen LogP) is 1.66. The molecule has 1 saturated heterocycles. The van der Waals surface area contributed by atoms with Gasteiger partial charge in [-0.3, -0.25) is 9.59 Å². The number of amides is 1. The molecule has 108 valence electrons. The molecule has 1 aliphatic carbocycles. The second-order valence-corrected chi connectivity index (χ2v) is 5.54. The fourth-order valence-electron chi connectivity index (χ4n) is 2.99. The maximum atomic E-state index is 12.4. The Labute approximate surface area is 113 Å². The largest absolute Gasteiger partial charge is 0.481 e. The zero-order chi connectivity index (χ0) is 13.7. The fourth-order valence-corrected chi connectivity index (χ4v) is 2.99. The molecule has 1 N–H and O–H groups in total. The Bertz CT molecular complexity index is 319. The quantitative estimate of drug-likeness (QED) is 0.796. The summed E-state index contributed by atoms with van der Waals surface area (Å²) in [5, 5.41) is 8.80. The van der Waals surface area contributed by atoms with Gasteiger partial charge in [-0.1, -0.05) is 12.8 Å². The summed E-state index contributed by atoms with van der Waals surface area (Å²) in [5.74, 6) is -0.610. The van der Waals surface area contributed by atoms with Crippen molar-refractivity contribution in [2.24, 2.45) is 5.92 Å². The summed E-state index contributed by atoms with van der Waals surface area (Å²) >= 11 is 0. The highest BCUT2D eigenvalue weighted by molar-refractivity contribution is 5.79. The molecule has 2 rings (SSSR count). The second-order valence-electron chi connectivity index (χ2n) is 5.54. The highest BCUT2D eigenvalue weighted by Crippen LogP contribution is 2.27. The van der Waals surface area contributed by atoms with Gasteiger partial charge >= 0.3 is 5.97 Å². The summed E-state index contributed by atoms with van der Waals surface area (Å²) in [6.07, 6.45) is 6.26. The highest BCUT2D eigenvalue weighted by Gasteiger charge is 2.29. The van der Waals surface area contributed by atoms with Crippen LogP contribution in [0.5, 0.6) is 0 Å². The number of aliphatic carboxylic acids is 1. The van der Waals surface area contributed by atoms with Gasteiger partial charge in [0, 0.05) is 25.6 Å². The van der Waals surface area contributed by atoms with E-state index in [0.29, 0.717) is 13.1 Å². The van der Waals surface area contributed by atoms with E-state index in [0.717, 1.165) is 45.1 Å².